The van der Waals surface area contributed by atoms with Crippen LogP contribution < -0.4 is 10.2 Å². The van der Waals surface area contributed by atoms with Crippen LogP contribution in [0.2, 0.25) is 0 Å². The highest BCUT2D eigenvalue weighted by Crippen LogP contribution is 2.32. The van der Waals surface area contributed by atoms with Crippen LogP contribution in [0.4, 0.5) is 5.82 Å². The highest BCUT2D eigenvalue weighted by atomic mass is 15.3. The monoisotopic (exact) mass is 247 g/mol. The first kappa shape index (κ1) is 13.3. The van der Waals surface area contributed by atoms with Gasteiger partial charge in [-0.3, -0.25) is 0 Å². The smallest absolute Gasteiger partial charge is 0.128 e. The molecule has 1 N–H and O–H groups in total. The quantitative estimate of drug-likeness (QED) is 0.886. The molecule has 1 aliphatic rings. The second kappa shape index (κ2) is 5.27. The van der Waals surface area contributed by atoms with E-state index in [1.165, 1.54) is 18.4 Å². The second-order valence-electron chi connectivity index (χ2n) is 5.80. The number of hydrogen-bond acceptors (Lipinski definition) is 3. The molecule has 1 unspecified atom stereocenters. The molecule has 2 heterocycles. The number of pyridine rings is 1. The molecule has 1 saturated heterocycles. The molecule has 1 aromatic heterocycles. The van der Waals surface area contributed by atoms with Gasteiger partial charge in [0, 0.05) is 24.3 Å². The van der Waals surface area contributed by atoms with Crippen LogP contribution in [-0.4, -0.2) is 23.6 Å². The standard InChI is InChI=1S/C15H25N3/c1-5-16-12(2)13-7-8-14(17-11-13)18-10-6-9-15(18,3)4/h7-8,11-12,16H,5-6,9-10H2,1-4H3. The normalized spacial score (nSPS) is 20.1. The molecule has 3 heteroatoms. The molecule has 3 nitrogen and oxygen atoms in total. The van der Waals surface area contributed by atoms with Crippen LogP contribution in [0, 0.1) is 0 Å². The Morgan fingerprint density at radius 3 is 2.72 bits per heavy atom. The zero-order valence-corrected chi connectivity index (χ0v) is 12.0. The fourth-order valence-corrected chi connectivity index (χ4v) is 2.77. The topological polar surface area (TPSA) is 28.2 Å². The van der Waals surface area contributed by atoms with Crippen molar-refractivity contribution in [3.8, 4) is 0 Å². The number of aromatic nitrogens is 1. The predicted octanol–water partition coefficient (Wildman–Crippen LogP) is 3.13. The molecule has 100 valence electrons. The van der Waals surface area contributed by atoms with Crippen molar-refractivity contribution in [2.75, 3.05) is 18.0 Å². The first-order chi connectivity index (χ1) is 8.54. The van der Waals surface area contributed by atoms with Crippen molar-refractivity contribution in [1.82, 2.24) is 10.3 Å². The lowest BCUT2D eigenvalue weighted by molar-refractivity contribution is 0.514. The van der Waals surface area contributed by atoms with Crippen LogP contribution in [0.25, 0.3) is 0 Å². The maximum Gasteiger partial charge on any atom is 0.128 e. The lowest BCUT2D eigenvalue weighted by Gasteiger charge is -2.32. The van der Waals surface area contributed by atoms with Crippen LogP contribution in [0.5, 0.6) is 0 Å². The van der Waals surface area contributed by atoms with Gasteiger partial charge in [-0.15, -0.1) is 0 Å². The summed E-state index contributed by atoms with van der Waals surface area (Å²) in [7, 11) is 0. The molecule has 0 saturated carbocycles. The highest BCUT2D eigenvalue weighted by Gasteiger charge is 2.32. The van der Waals surface area contributed by atoms with Gasteiger partial charge in [0.15, 0.2) is 0 Å². The van der Waals surface area contributed by atoms with E-state index in [9.17, 15) is 0 Å². The van der Waals surface area contributed by atoms with Crippen molar-refractivity contribution in [1.29, 1.82) is 0 Å². The van der Waals surface area contributed by atoms with Gasteiger partial charge in [-0.05, 0) is 51.8 Å². The number of nitrogens with one attached hydrogen (secondary N) is 1. The van der Waals surface area contributed by atoms with E-state index in [1.54, 1.807) is 0 Å². The largest absolute Gasteiger partial charge is 0.352 e. The summed E-state index contributed by atoms with van der Waals surface area (Å²) in [6.45, 7) is 11.0. The maximum absolute atomic E-state index is 4.65. The third-order valence-electron chi connectivity index (χ3n) is 3.96. The average molecular weight is 247 g/mol. The third kappa shape index (κ3) is 2.66. The van der Waals surface area contributed by atoms with Crippen LogP contribution in [0.3, 0.4) is 0 Å². The molecule has 1 aromatic rings. The van der Waals surface area contributed by atoms with E-state index >= 15 is 0 Å². The Kier molecular flexibility index (Phi) is 3.91. The van der Waals surface area contributed by atoms with Crippen molar-refractivity contribution < 1.29 is 0 Å². The molecule has 0 spiro atoms. The van der Waals surface area contributed by atoms with Crippen molar-refractivity contribution in [3.63, 3.8) is 0 Å². The highest BCUT2D eigenvalue weighted by molar-refractivity contribution is 5.44. The van der Waals surface area contributed by atoms with Gasteiger partial charge >= 0.3 is 0 Å². The van der Waals surface area contributed by atoms with Crippen LogP contribution in [0.15, 0.2) is 18.3 Å². The summed E-state index contributed by atoms with van der Waals surface area (Å²) in [5.74, 6) is 1.12. The lowest BCUT2D eigenvalue weighted by Crippen LogP contribution is -2.38. The molecule has 0 radical (unpaired) electrons. The molecule has 18 heavy (non-hydrogen) atoms. The number of hydrogen-bond donors (Lipinski definition) is 1. The van der Waals surface area contributed by atoms with Crippen LogP contribution in [0.1, 0.15) is 52.1 Å². The van der Waals surface area contributed by atoms with Gasteiger partial charge in [0.2, 0.25) is 0 Å². The Balaban J connectivity index is 2.12. The molecule has 1 fully saturated rings. The molecule has 0 bridgehead atoms. The second-order valence-corrected chi connectivity index (χ2v) is 5.80. The molecule has 0 aromatic carbocycles. The molecular formula is C15H25N3. The van der Waals surface area contributed by atoms with E-state index in [-0.39, 0.29) is 5.54 Å². The van der Waals surface area contributed by atoms with E-state index in [0.29, 0.717) is 6.04 Å². The van der Waals surface area contributed by atoms with Gasteiger partial charge in [0.1, 0.15) is 5.82 Å². The summed E-state index contributed by atoms with van der Waals surface area (Å²) < 4.78 is 0. The summed E-state index contributed by atoms with van der Waals surface area (Å²) in [6, 6.07) is 4.74. The number of nitrogens with zero attached hydrogens (tertiary/aromatic N) is 2. The van der Waals surface area contributed by atoms with E-state index in [0.717, 1.165) is 18.9 Å². The van der Waals surface area contributed by atoms with Crippen LogP contribution in [-0.2, 0) is 0 Å². The van der Waals surface area contributed by atoms with Crippen molar-refractivity contribution in [3.05, 3.63) is 23.9 Å². The Bertz CT molecular complexity index is 383. The summed E-state index contributed by atoms with van der Waals surface area (Å²) >= 11 is 0. The molecular weight excluding hydrogens is 222 g/mol. The predicted molar refractivity (Wildman–Crippen MR) is 77.0 cm³/mol. The molecule has 2 rings (SSSR count). The minimum Gasteiger partial charge on any atom is -0.352 e. The fraction of sp³-hybridized carbons (Fsp3) is 0.667. The summed E-state index contributed by atoms with van der Waals surface area (Å²) in [6.07, 6.45) is 4.53. The van der Waals surface area contributed by atoms with E-state index < -0.39 is 0 Å². The molecule has 0 amide bonds. The van der Waals surface area contributed by atoms with Crippen LogP contribution >= 0.6 is 0 Å². The average Bonchev–Trinajstić information content (AvgIpc) is 2.69. The van der Waals surface area contributed by atoms with Gasteiger partial charge in [0.25, 0.3) is 0 Å². The number of rotatable bonds is 4. The Labute approximate surface area is 111 Å². The van der Waals surface area contributed by atoms with Gasteiger partial charge in [-0.1, -0.05) is 13.0 Å². The summed E-state index contributed by atoms with van der Waals surface area (Å²) in [5, 5.41) is 3.41. The van der Waals surface area contributed by atoms with Crippen molar-refractivity contribution >= 4 is 5.82 Å². The maximum atomic E-state index is 4.65. The fourth-order valence-electron chi connectivity index (χ4n) is 2.77. The number of anilines is 1. The van der Waals surface area contributed by atoms with Gasteiger partial charge in [0.05, 0.1) is 0 Å². The van der Waals surface area contributed by atoms with E-state index in [4.69, 9.17) is 0 Å². The Morgan fingerprint density at radius 1 is 1.44 bits per heavy atom. The molecule has 1 aliphatic heterocycles. The minimum atomic E-state index is 0.252. The Hall–Kier alpha value is -1.09. The van der Waals surface area contributed by atoms with E-state index in [1.807, 2.05) is 6.20 Å². The zero-order valence-electron chi connectivity index (χ0n) is 12.0. The zero-order chi connectivity index (χ0) is 13.2. The van der Waals surface area contributed by atoms with Gasteiger partial charge in [-0.2, -0.15) is 0 Å². The summed E-state index contributed by atoms with van der Waals surface area (Å²) in [5.41, 5.74) is 1.51. The van der Waals surface area contributed by atoms with Gasteiger partial charge < -0.3 is 10.2 Å². The first-order valence-electron chi connectivity index (χ1n) is 7.01. The SMILES string of the molecule is CCNC(C)c1ccc(N2CCCC2(C)C)nc1. The van der Waals surface area contributed by atoms with Crippen molar-refractivity contribution in [2.24, 2.45) is 0 Å². The van der Waals surface area contributed by atoms with Crippen molar-refractivity contribution in [2.45, 2.75) is 52.1 Å². The summed E-state index contributed by atoms with van der Waals surface area (Å²) in [4.78, 5) is 7.07. The molecule has 1 atom stereocenters. The first-order valence-corrected chi connectivity index (χ1v) is 7.01. The molecule has 0 aliphatic carbocycles. The van der Waals surface area contributed by atoms with E-state index in [2.05, 4.69) is 55.0 Å². The van der Waals surface area contributed by atoms with Gasteiger partial charge in [-0.25, -0.2) is 4.98 Å². The lowest BCUT2D eigenvalue weighted by atomic mass is 10.0. The Morgan fingerprint density at radius 2 is 2.22 bits per heavy atom. The minimum absolute atomic E-state index is 0.252. The third-order valence-corrected chi connectivity index (χ3v) is 3.96.